The summed E-state index contributed by atoms with van der Waals surface area (Å²) in [7, 11) is 0. The van der Waals surface area contributed by atoms with Gasteiger partial charge < -0.3 is 149 Å². The average molecular weight is 1010 g/mol. The molecular weight excluding hydrogens is 946 g/mol. The van der Waals surface area contributed by atoms with E-state index >= 15 is 0 Å². The van der Waals surface area contributed by atoms with Crippen LogP contribution in [-0.4, -0.2) is 311 Å². The zero-order valence-electron chi connectivity index (χ0n) is 36.9. The van der Waals surface area contributed by atoms with E-state index in [-0.39, 0.29) is 6.61 Å². The van der Waals surface area contributed by atoms with Crippen LogP contribution in [0.2, 0.25) is 0 Å². The van der Waals surface area contributed by atoms with Gasteiger partial charge in [-0.15, -0.1) is 6.58 Å². The van der Waals surface area contributed by atoms with Crippen molar-refractivity contribution in [3.63, 3.8) is 0 Å². The molecule has 30 heteroatoms. The van der Waals surface area contributed by atoms with E-state index in [1.807, 2.05) is 0 Å². The van der Waals surface area contributed by atoms with Crippen LogP contribution in [0.25, 0.3) is 0 Å². The first-order valence-electron chi connectivity index (χ1n) is 22.2. The van der Waals surface area contributed by atoms with Gasteiger partial charge in [0, 0.05) is 0 Å². The second-order valence-electron chi connectivity index (χ2n) is 17.4. The Labute approximate surface area is 392 Å². The second-order valence-corrected chi connectivity index (χ2v) is 17.4. The highest BCUT2D eigenvalue weighted by atomic mass is 16.8. The van der Waals surface area contributed by atoms with E-state index in [0.29, 0.717) is 0 Å². The van der Waals surface area contributed by atoms with E-state index in [2.05, 4.69) is 6.58 Å². The summed E-state index contributed by atoms with van der Waals surface area (Å²) in [5, 5.41) is 182. The SMILES string of the molecule is C=CCO[C@@H]1OC(CO)[C@@H](O[C@@H]2OC(CO)[C@H](O[C@H]3OC(CO)[C@H](O)C(O[C@@H]4OC(CO)[C@H](O)C(O[C@@H]5OC(CO)[C@H](O)C(O)C5O[C@@H]5OC(C)[C@H](O)C(O)C5O)C4N)C3O)C(O)C2O)C(O)C1O. The lowest BCUT2D eigenvalue weighted by molar-refractivity contribution is -0.392. The summed E-state index contributed by atoms with van der Waals surface area (Å²) in [5.74, 6) is 0. The lowest BCUT2D eigenvalue weighted by atomic mass is 9.94. The molecule has 18 unspecified atom stereocenters. The highest BCUT2D eigenvalue weighted by Crippen LogP contribution is 2.37. The summed E-state index contributed by atoms with van der Waals surface area (Å²) < 4.78 is 68.0. The van der Waals surface area contributed by atoms with Crippen LogP contribution >= 0.6 is 0 Å². The minimum absolute atomic E-state index is 0.101. The van der Waals surface area contributed by atoms with Crippen LogP contribution in [0.15, 0.2) is 12.7 Å². The first-order valence-corrected chi connectivity index (χ1v) is 22.2. The Morgan fingerprint density at radius 3 is 1.30 bits per heavy atom. The Balaban J connectivity index is 1.17. The molecule has 0 radical (unpaired) electrons. The summed E-state index contributed by atoms with van der Waals surface area (Å²) >= 11 is 0. The molecule has 6 saturated heterocycles. The lowest BCUT2D eigenvalue weighted by Crippen LogP contribution is -2.69. The number of nitrogens with two attached hydrogens (primary N) is 1. The number of hydrogen-bond donors (Lipinski definition) is 18. The average Bonchev–Trinajstić information content (AvgIpc) is 3.34. The van der Waals surface area contributed by atoms with Crippen LogP contribution in [0.4, 0.5) is 0 Å². The van der Waals surface area contributed by atoms with E-state index < -0.39 is 217 Å². The zero-order chi connectivity index (χ0) is 50.8. The maximum atomic E-state index is 11.6. The Hall–Kier alpha value is -1.46. The Kier molecular flexibility index (Phi) is 20.4. The molecule has 0 aromatic carbocycles. The summed E-state index contributed by atoms with van der Waals surface area (Å²) in [6, 6.07) is -1.73. The van der Waals surface area contributed by atoms with Crippen molar-refractivity contribution in [1.29, 1.82) is 0 Å². The smallest absolute Gasteiger partial charge is 0.187 e. The minimum atomic E-state index is -2.15. The first-order chi connectivity index (χ1) is 32.8. The number of aliphatic hydroxyl groups excluding tert-OH is 17. The third kappa shape index (κ3) is 11.9. The normalized spacial score (nSPS) is 52.1. The highest BCUT2D eigenvalue weighted by Gasteiger charge is 2.57. The molecule has 6 rings (SSSR count). The molecule has 402 valence electrons. The molecule has 0 spiro atoms. The van der Waals surface area contributed by atoms with E-state index in [0.717, 1.165) is 0 Å². The van der Waals surface area contributed by atoms with Crippen molar-refractivity contribution in [1.82, 2.24) is 0 Å². The predicted molar refractivity (Wildman–Crippen MR) is 214 cm³/mol. The summed E-state index contributed by atoms with van der Waals surface area (Å²) in [4.78, 5) is 0. The molecule has 6 fully saturated rings. The highest BCUT2D eigenvalue weighted by molar-refractivity contribution is 5.00. The quantitative estimate of drug-likeness (QED) is 0.0567. The van der Waals surface area contributed by atoms with E-state index in [4.69, 9.17) is 62.6 Å². The maximum Gasteiger partial charge on any atom is 0.187 e. The molecule has 6 heterocycles. The lowest BCUT2D eigenvalue weighted by Gasteiger charge is -2.50. The van der Waals surface area contributed by atoms with Gasteiger partial charge in [-0.05, 0) is 6.92 Å². The molecule has 6 aliphatic rings. The predicted octanol–water partition coefficient (Wildman–Crippen LogP) is -11.9. The van der Waals surface area contributed by atoms with Crippen LogP contribution in [0.3, 0.4) is 0 Å². The van der Waals surface area contributed by atoms with Crippen LogP contribution in [0, 0.1) is 0 Å². The van der Waals surface area contributed by atoms with Gasteiger partial charge in [0.25, 0.3) is 0 Å². The van der Waals surface area contributed by atoms with Gasteiger partial charge in [-0.3, -0.25) is 0 Å². The maximum absolute atomic E-state index is 11.6. The van der Waals surface area contributed by atoms with Gasteiger partial charge in [-0.1, -0.05) is 6.08 Å². The molecule has 30 nitrogen and oxygen atoms in total. The van der Waals surface area contributed by atoms with Crippen molar-refractivity contribution in [3.05, 3.63) is 12.7 Å². The molecule has 0 amide bonds. The summed E-state index contributed by atoms with van der Waals surface area (Å²) in [6.45, 7) is 0.102. The van der Waals surface area contributed by atoms with Gasteiger partial charge >= 0.3 is 0 Å². The standard InChI is InChI=1S/C39H67NO29/c1-3-4-58-35-26(55)23(52)29(14(8-44)63-35)65-37-27(56)24(53)30(15(9-45)64-37)66-38-28(57)32(20(49)13(7-43)61-38)68-34-16(40)31(19(48)12(6-42)60-34)67-39-33(22(51)18(47)11(5-41)62-39)69-36-25(54)21(50)17(46)10(2)59-36/h3,10-39,41-57H,1,4-9,40H2,2H3/t10?,11?,12?,13?,14?,15?,16?,17-,18-,19-,20-,21?,22?,23?,24?,25?,26?,27?,28?,29+,30-,31?,32?,33?,34-,35+,36-,37-,38+,39-/m0/s1. The minimum Gasteiger partial charge on any atom is -0.394 e. The van der Waals surface area contributed by atoms with Crippen molar-refractivity contribution in [2.45, 2.75) is 191 Å². The monoisotopic (exact) mass is 1010 g/mol. The van der Waals surface area contributed by atoms with Gasteiger partial charge in [-0.2, -0.15) is 0 Å². The van der Waals surface area contributed by atoms with Crippen molar-refractivity contribution < 1.29 is 144 Å². The molecular formula is C39H67NO29. The molecule has 0 aromatic rings. The Morgan fingerprint density at radius 1 is 0.377 bits per heavy atom. The molecule has 0 aliphatic carbocycles. The fraction of sp³-hybridized carbons (Fsp3) is 0.949. The molecule has 0 saturated carbocycles. The Bertz CT molecular complexity index is 1580. The molecule has 30 atom stereocenters. The van der Waals surface area contributed by atoms with E-state index in [1.165, 1.54) is 13.0 Å². The zero-order valence-corrected chi connectivity index (χ0v) is 36.9. The second kappa shape index (κ2) is 24.7. The third-order valence-electron chi connectivity index (χ3n) is 12.8. The largest absolute Gasteiger partial charge is 0.394 e. The fourth-order valence-corrected chi connectivity index (χ4v) is 8.77. The molecule has 0 bridgehead atoms. The summed E-state index contributed by atoms with van der Waals surface area (Å²) in [6.07, 6.45) is -50.5. The number of aliphatic hydroxyl groups is 17. The topological polar surface area (TPSA) is 481 Å². The number of hydrogen-bond acceptors (Lipinski definition) is 30. The van der Waals surface area contributed by atoms with Crippen LogP contribution in [0.5, 0.6) is 0 Å². The van der Waals surface area contributed by atoms with Crippen molar-refractivity contribution in [2.24, 2.45) is 5.73 Å². The molecule has 69 heavy (non-hydrogen) atoms. The van der Waals surface area contributed by atoms with Gasteiger partial charge in [0.05, 0.1) is 51.8 Å². The molecule has 0 aromatic heterocycles. The number of rotatable bonds is 18. The van der Waals surface area contributed by atoms with Gasteiger partial charge in [0.15, 0.2) is 37.7 Å². The van der Waals surface area contributed by atoms with Gasteiger partial charge in [0.2, 0.25) is 0 Å². The molecule has 6 aliphatic heterocycles. The van der Waals surface area contributed by atoms with Crippen molar-refractivity contribution in [3.8, 4) is 0 Å². The first kappa shape index (κ1) is 56.8. The van der Waals surface area contributed by atoms with Crippen molar-refractivity contribution in [2.75, 3.05) is 39.6 Å². The summed E-state index contributed by atoms with van der Waals surface area (Å²) in [5.41, 5.74) is 6.50. The van der Waals surface area contributed by atoms with Crippen LogP contribution < -0.4 is 5.73 Å². The van der Waals surface area contributed by atoms with Crippen LogP contribution in [-0.2, 0) is 56.8 Å². The Morgan fingerprint density at radius 2 is 0.754 bits per heavy atom. The van der Waals surface area contributed by atoms with E-state index in [1.54, 1.807) is 0 Å². The van der Waals surface area contributed by atoms with Gasteiger partial charge in [-0.25, -0.2) is 0 Å². The number of ether oxygens (including phenoxy) is 12. The van der Waals surface area contributed by atoms with Gasteiger partial charge in [0.1, 0.15) is 134 Å². The van der Waals surface area contributed by atoms with Crippen LogP contribution in [0.1, 0.15) is 6.92 Å². The van der Waals surface area contributed by atoms with Crippen molar-refractivity contribution >= 4 is 0 Å². The molecule has 19 N–H and O–H groups in total. The third-order valence-corrected chi connectivity index (χ3v) is 12.8. The van der Waals surface area contributed by atoms with E-state index in [9.17, 15) is 86.8 Å². The fourth-order valence-electron chi connectivity index (χ4n) is 8.77.